The van der Waals surface area contributed by atoms with Crippen LogP contribution in [0.4, 0.5) is 0 Å². The molecule has 0 aliphatic carbocycles. The van der Waals surface area contributed by atoms with Gasteiger partial charge in [-0.25, -0.2) is 0 Å². The summed E-state index contributed by atoms with van der Waals surface area (Å²) in [5.41, 5.74) is 24.5. The van der Waals surface area contributed by atoms with Gasteiger partial charge in [0.2, 0.25) is 0 Å². The largest absolute Gasteiger partial charge is 0.379 e. The predicted molar refractivity (Wildman–Crippen MR) is 87.0 cm³/mol. The lowest BCUT2D eigenvalue weighted by Crippen LogP contribution is -2.47. The van der Waals surface area contributed by atoms with Crippen LogP contribution in [-0.2, 0) is 9.47 Å². The van der Waals surface area contributed by atoms with Gasteiger partial charge < -0.3 is 26.7 Å². The summed E-state index contributed by atoms with van der Waals surface area (Å²) in [5.74, 6) is 0. The lowest BCUT2D eigenvalue weighted by atomic mass is 9.89. The monoisotopic (exact) mass is 354 g/mol. The van der Waals surface area contributed by atoms with E-state index in [1.807, 2.05) is 0 Å². The molecule has 0 heterocycles. The number of azide groups is 1. The zero-order valence-corrected chi connectivity index (χ0v) is 13.7. The number of nitrogens with two attached hydrogens (primary N) is 3. The van der Waals surface area contributed by atoms with Gasteiger partial charge in [0.25, 0.3) is 0 Å². The Morgan fingerprint density at radius 3 is 1.85 bits per heavy atom. The number of nitrogens with zero attached hydrogens (tertiary/aromatic N) is 3. The van der Waals surface area contributed by atoms with Crippen molar-refractivity contribution in [1.29, 1.82) is 0 Å². The minimum absolute atomic E-state index is 0. The van der Waals surface area contributed by atoms with Crippen LogP contribution in [-0.4, -0.2) is 52.6 Å². The van der Waals surface area contributed by atoms with Crippen LogP contribution in [0.2, 0.25) is 0 Å². The van der Waals surface area contributed by atoms with E-state index in [9.17, 15) is 0 Å². The van der Waals surface area contributed by atoms with Crippen LogP contribution >= 0.6 is 37.2 Å². The van der Waals surface area contributed by atoms with Gasteiger partial charge in [-0.1, -0.05) is 5.11 Å². The second kappa shape index (κ2) is 19.0. The van der Waals surface area contributed by atoms with E-state index < -0.39 is 0 Å². The minimum atomic E-state index is -0.342. The molecule has 0 aromatic carbocycles. The third-order valence-electron chi connectivity index (χ3n) is 2.48. The van der Waals surface area contributed by atoms with Gasteiger partial charge in [0.1, 0.15) is 0 Å². The van der Waals surface area contributed by atoms with Crippen molar-refractivity contribution in [2.45, 2.75) is 0 Å². The second-order valence-corrected chi connectivity index (χ2v) is 3.73. The lowest BCUT2D eigenvalue weighted by molar-refractivity contribution is 0.0135. The Balaban J connectivity index is -0.000000427. The zero-order valence-electron chi connectivity index (χ0n) is 11.3. The van der Waals surface area contributed by atoms with Crippen molar-refractivity contribution < 1.29 is 9.47 Å². The zero-order chi connectivity index (χ0) is 13.0. The van der Waals surface area contributed by atoms with Gasteiger partial charge >= 0.3 is 0 Å². The van der Waals surface area contributed by atoms with Crippen molar-refractivity contribution in [1.82, 2.24) is 0 Å². The summed E-state index contributed by atoms with van der Waals surface area (Å²) < 4.78 is 10.6. The molecular weight excluding hydrogens is 330 g/mol. The molecule has 0 rings (SSSR count). The minimum Gasteiger partial charge on any atom is -0.379 e. The fourth-order valence-corrected chi connectivity index (χ4v) is 1.09. The first-order chi connectivity index (χ1) is 8.24. The normalized spacial score (nSPS) is 9.55. The first-order valence-corrected chi connectivity index (χ1v) is 5.51. The van der Waals surface area contributed by atoms with Crippen LogP contribution in [0, 0.1) is 5.41 Å². The van der Waals surface area contributed by atoms with Gasteiger partial charge in [0.15, 0.2) is 0 Å². The smallest absolute Gasteiger partial charge is 0.0700 e. The van der Waals surface area contributed by atoms with E-state index in [0.29, 0.717) is 52.6 Å². The summed E-state index contributed by atoms with van der Waals surface area (Å²) in [4.78, 5) is 2.61. The molecular formula is C9H25Cl3N6O2. The Kier molecular flexibility index (Phi) is 26.7. The Morgan fingerprint density at radius 1 is 0.900 bits per heavy atom. The van der Waals surface area contributed by atoms with E-state index in [2.05, 4.69) is 10.0 Å². The molecule has 124 valence electrons. The quantitative estimate of drug-likeness (QED) is 0.213. The molecule has 0 spiro atoms. The van der Waals surface area contributed by atoms with Gasteiger partial charge in [0.05, 0.1) is 26.4 Å². The fourth-order valence-electron chi connectivity index (χ4n) is 1.09. The summed E-state index contributed by atoms with van der Waals surface area (Å²) in [6, 6.07) is 0. The van der Waals surface area contributed by atoms with Crippen LogP contribution in [0.1, 0.15) is 0 Å². The first kappa shape index (κ1) is 28.2. The van der Waals surface area contributed by atoms with Crippen LogP contribution < -0.4 is 17.2 Å². The molecule has 0 radical (unpaired) electrons. The molecule has 0 aliphatic heterocycles. The van der Waals surface area contributed by atoms with Gasteiger partial charge in [-0.2, -0.15) is 0 Å². The fraction of sp³-hybridized carbons (Fsp3) is 1.00. The Labute approximate surface area is 137 Å². The highest BCUT2D eigenvalue weighted by atomic mass is 35.5. The van der Waals surface area contributed by atoms with Crippen molar-refractivity contribution >= 4 is 37.2 Å². The van der Waals surface area contributed by atoms with Gasteiger partial charge in [0, 0.05) is 36.5 Å². The highest BCUT2D eigenvalue weighted by Crippen LogP contribution is 2.11. The maximum absolute atomic E-state index is 8.02. The van der Waals surface area contributed by atoms with Crippen molar-refractivity contribution in [3.63, 3.8) is 0 Å². The molecule has 6 N–H and O–H groups in total. The Bertz CT molecular complexity index is 231. The maximum Gasteiger partial charge on any atom is 0.0700 e. The topological polar surface area (TPSA) is 145 Å². The lowest BCUT2D eigenvalue weighted by Gasteiger charge is -2.28. The van der Waals surface area contributed by atoms with Crippen molar-refractivity contribution in [2.24, 2.45) is 27.7 Å². The van der Waals surface area contributed by atoms with E-state index in [-0.39, 0.29) is 42.6 Å². The van der Waals surface area contributed by atoms with E-state index in [1.54, 1.807) is 0 Å². The van der Waals surface area contributed by atoms with Gasteiger partial charge in [-0.15, -0.1) is 37.2 Å². The summed E-state index contributed by atoms with van der Waals surface area (Å²) in [7, 11) is 0. The second-order valence-electron chi connectivity index (χ2n) is 3.73. The summed E-state index contributed by atoms with van der Waals surface area (Å²) >= 11 is 0. The first-order valence-electron chi connectivity index (χ1n) is 5.51. The summed E-state index contributed by atoms with van der Waals surface area (Å²) in [6.45, 7) is 3.23. The molecule has 0 saturated carbocycles. The maximum atomic E-state index is 8.02. The molecule has 0 bridgehead atoms. The van der Waals surface area contributed by atoms with Crippen molar-refractivity contribution in [3.8, 4) is 0 Å². The van der Waals surface area contributed by atoms with Gasteiger partial charge in [-0.05, 0) is 5.53 Å². The van der Waals surface area contributed by atoms with E-state index in [4.69, 9.17) is 32.2 Å². The average molecular weight is 356 g/mol. The standard InChI is InChI=1S/C9H22N6O2.3ClH/c10-5-9(6-11,7-12)8-17-4-3-16-2-1-14-15-13;;;/h1-8,10-12H2;3*1H. The van der Waals surface area contributed by atoms with E-state index in [1.165, 1.54) is 0 Å². The average Bonchev–Trinajstić information content (AvgIpc) is 2.38. The molecule has 8 nitrogen and oxygen atoms in total. The number of rotatable bonds is 11. The third kappa shape index (κ3) is 13.0. The number of ether oxygens (including phenoxy) is 2. The molecule has 0 atom stereocenters. The molecule has 0 aromatic rings. The highest BCUT2D eigenvalue weighted by molar-refractivity contribution is 5.86. The van der Waals surface area contributed by atoms with Crippen LogP contribution in [0.5, 0.6) is 0 Å². The SMILES string of the molecule is Cl.Cl.Cl.[N-]=[N+]=NCCOCCOCC(CN)(CN)CN. The Morgan fingerprint density at radius 2 is 1.40 bits per heavy atom. The van der Waals surface area contributed by atoms with E-state index >= 15 is 0 Å². The third-order valence-corrected chi connectivity index (χ3v) is 2.48. The molecule has 11 heteroatoms. The summed E-state index contributed by atoms with van der Waals surface area (Å²) in [6.07, 6.45) is 0. The molecule has 20 heavy (non-hydrogen) atoms. The molecule has 0 unspecified atom stereocenters. The van der Waals surface area contributed by atoms with Crippen LogP contribution in [0.3, 0.4) is 0 Å². The summed E-state index contributed by atoms with van der Waals surface area (Å²) in [5, 5.41) is 3.33. The van der Waals surface area contributed by atoms with Crippen molar-refractivity contribution in [3.05, 3.63) is 10.4 Å². The Hall–Kier alpha value is -0.0200. The number of hydrogen-bond acceptors (Lipinski definition) is 6. The van der Waals surface area contributed by atoms with Crippen LogP contribution in [0.25, 0.3) is 10.4 Å². The molecule has 0 saturated heterocycles. The molecule has 0 aromatic heterocycles. The molecule has 0 fully saturated rings. The van der Waals surface area contributed by atoms with Gasteiger partial charge in [-0.3, -0.25) is 0 Å². The number of hydrogen-bond donors (Lipinski definition) is 3. The molecule has 0 amide bonds. The molecule has 0 aliphatic rings. The van der Waals surface area contributed by atoms with Crippen molar-refractivity contribution in [2.75, 3.05) is 52.6 Å². The predicted octanol–water partition coefficient (Wildman–Crippen LogP) is 0.458. The highest BCUT2D eigenvalue weighted by Gasteiger charge is 2.25. The van der Waals surface area contributed by atoms with Crippen LogP contribution in [0.15, 0.2) is 5.11 Å². The number of halogens is 3. The van der Waals surface area contributed by atoms with E-state index in [0.717, 1.165) is 0 Å².